The summed E-state index contributed by atoms with van der Waals surface area (Å²) in [5, 5.41) is 13.5. The van der Waals surface area contributed by atoms with Crippen LogP contribution in [0.15, 0.2) is 35.5 Å². The van der Waals surface area contributed by atoms with Gasteiger partial charge in [-0.3, -0.25) is 4.79 Å². The molecule has 1 amide bonds. The van der Waals surface area contributed by atoms with Crippen LogP contribution in [-0.4, -0.2) is 31.4 Å². The minimum atomic E-state index is -1.64. The van der Waals surface area contributed by atoms with Crippen molar-refractivity contribution in [1.29, 1.82) is 0 Å². The summed E-state index contributed by atoms with van der Waals surface area (Å²) in [6.07, 6.45) is 0. The molecule has 0 fully saturated rings. The summed E-state index contributed by atoms with van der Waals surface area (Å²) in [6.45, 7) is 5.41. The lowest BCUT2D eigenvalue weighted by atomic mass is 10.1. The highest BCUT2D eigenvalue weighted by atomic mass is 32.2. The van der Waals surface area contributed by atoms with Gasteiger partial charge in [-0.1, -0.05) is 30.0 Å². The van der Waals surface area contributed by atoms with Crippen molar-refractivity contribution < 1.29 is 18.0 Å². The molecule has 146 valence electrons. The van der Waals surface area contributed by atoms with Gasteiger partial charge in [-0.2, -0.15) is 4.68 Å². The number of nitrogens with zero attached hydrogens (tertiary/aromatic N) is 4. The summed E-state index contributed by atoms with van der Waals surface area (Å²) in [4.78, 5) is 12.4. The number of rotatable bonds is 5. The lowest BCUT2D eigenvalue weighted by molar-refractivity contribution is -0.115. The summed E-state index contributed by atoms with van der Waals surface area (Å²) >= 11 is 1.05. The zero-order valence-electron chi connectivity index (χ0n) is 15.2. The van der Waals surface area contributed by atoms with Crippen LogP contribution in [0.5, 0.6) is 0 Å². The molecule has 6 nitrogen and oxygen atoms in total. The average molecular weight is 407 g/mol. The zero-order valence-corrected chi connectivity index (χ0v) is 16.0. The van der Waals surface area contributed by atoms with Gasteiger partial charge in [0.15, 0.2) is 17.5 Å². The molecule has 0 aliphatic heterocycles. The third-order valence-electron chi connectivity index (χ3n) is 4.04. The second kappa shape index (κ2) is 8.01. The molecule has 1 N–H and O–H groups in total. The Bertz CT molecular complexity index is 1020. The number of anilines is 1. The molecule has 28 heavy (non-hydrogen) atoms. The van der Waals surface area contributed by atoms with Gasteiger partial charge in [0.25, 0.3) is 0 Å². The first-order chi connectivity index (χ1) is 13.3. The van der Waals surface area contributed by atoms with Crippen LogP contribution < -0.4 is 5.32 Å². The molecule has 1 aromatic heterocycles. The van der Waals surface area contributed by atoms with E-state index in [-0.39, 0.29) is 0 Å². The highest BCUT2D eigenvalue weighted by Crippen LogP contribution is 2.27. The lowest BCUT2D eigenvalue weighted by Gasteiger charge is -2.14. The van der Waals surface area contributed by atoms with E-state index in [2.05, 4.69) is 20.8 Å². The summed E-state index contributed by atoms with van der Waals surface area (Å²) in [7, 11) is 0. The van der Waals surface area contributed by atoms with Crippen molar-refractivity contribution in [2.45, 2.75) is 31.2 Å². The number of aryl methyl sites for hydroxylation is 2. The quantitative estimate of drug-likeness (QED) is 0.514. The number of halogens is 3. The van der Waals surface area contributed by atoms with E-state index < -0.39 is 34.3 Å². The van der Waals surface area contributed by atoms with Crippen molar-refractivity contribution in [1.82, 2.24) is 20.2 Å². The molecule has 0 aliphatic rings. The van der Waals surface area contributed by atoms with E-state index in [1.54, 1.807) is 6.92 Å². The SMILES string of the molecule is Cc1cccc(C)c1-n1nnnc1S[C@@H](C)C(=O)Nc1ccc(F)c(F)c1F. The predicted molar refractivity (Wildman–Crippen MR) is 98.9 cm³/mol. The highest BCUT2D eigenvalue weighted by Gasteiger charge is 2.22. The number of carbonyl (C=O) groups excluding carboxylic acids is 1. The van der Waals surface area contributed by atoms with Crippen LogP contribution in [0.1, 0.15) is 18.1 Å². The summed E-state index contributed by atoms with van der Waals surface area (Å²) in [5.74, 6) is -5.03. The molecule has 1 atom stereocenters. The van der Waals surface area contributed by atoms with Crippen molar-refractivity contribution in [2.24, 2.45) is 0 Å². The molecule has 0 spiro atoms. The molecule has 2 aromatic carbocycles. The molecular weight excluding hydrogens is 391 g/mol. The Hall–Kier alpha value is -2.88. The Balaban J connectivity index is 1.79. The standard InChI is InChI=1S/C18H16F3N5OS/c1-9-5-4-6-10(2)16(9)26-18(23-24-25-26)28-11(3)17(27)22-13-8-7-12(19)14(20)15(13)21/h4-8,11H,1-3H3,(H,22,27)/t11-/m0/s1. The minimum Gasteiger partial charge on any atom is -0.323 e. The second-order valence-corrected chi connectivity index (χ2v) is 7.39. The van der Waals surface area contributed by atoms with Gasteiger partial charge in [0, 0.05) is 0 Å². The number of para-hydroxylation sites is 1. The number of carbonyl (C=O) groups is 1. The lowest BCUT2D eigenvalue weighted by Crippen LogP contribution is -2.24. The number of hydrogen-bond donors (Lipinski definition) is 1. The van der Waals surface area contributed by atoms with Crippen LogP contribution in [0.4, 0.5) is 18.9 Å². The van der Waals surface area contributed by atoms with Gasteiger partial charge in [0.2, 0.25) is 11.1 Å². The maximum Gasteiger partial charge on any atom is 0.237 e. The molecule has 0 aliphatic carbocycles. The summed E-state index contributed by atoms with van der Waals surface area (Å²) in [5.41, 5.74) is 2.27. The third-order valence-corrected chi connectivity index (χ3v) is 5.07. The highest BCUT2D eigenvalue weighted by molar-refractivity contribution is 8.00. The predicted octanol–water partition coefficient (Wildman–Crippen LogP) is 3.82. The Kier molecular flexibility index (Phi) is 5.68. The maximum absolute atomic E-state index is 13.8. The molecule has 0 unspecified atom stereocenters. The van der Waals surface area contributed by atoms with Gasteiger partial charge in [0.1, 0.15) is 0 Å². The molecule has 0 bridgehead atoms. The van der Waals surface area contributed by atoms with Crippen molar-refractivity contribution >= 4 is 23.4 Å². The Labute approximate surface area is 163 Å². The fourth-order valence-corrected chi connectivity index (χ4v) is 3.39. The smallest absolute Gasteiger partial charge is 0.237 e. The van der Waals surface area contributed by atoms with Crippen LogP contribution in [0, 0.1) is 31.3 Å². The number of thioether (sulfide) groups is 1. The largest absolute Gasteiger partial charge is 0.323 e. The minimum absolute atomic E-state index is 0.366. The Morgan fingerprint density at radius 2 is 1.79 bits per heavy atom. The first kappa shape index (κ1) is 19.9. The molecule has 0 radical (unpaired) electrons. The fraction of sp³-hybridized carbons (Fsp3) is 0.222. The van der Waals surface area contributed by atoms with E-state index in [4.69, 9.17) is 0 Å². The van der Waals surface area contributed by atoms with Crippen LogP contribution in [0.3, 0.4) is 0 Å². The molecule has 0 saturated heterocycles. The van der Waals surface area contributed by atoms with Crippen LogP contribution in [-0.2, 0) is 4.79 Å². The molecule has 10 heteroatoms. The topological polar surface area (TPSA) is 72.7 Å². The van der Waals surface area contributed by atoms with Crippen molar-refractivity contribution in [3.63, 3.8) is 0 Å². The summed E-state index contributed by atoms with van der Waals surface area (Å²) in [6, 6.07) is 7.45. The van der Waals surface area contributed by atoms with E-state index in [0.717, 1.165) is 40.7 Å². The summed E-state index contributed by atoms with van der Waals surface area (Å²) < 4.78 is 41.6. The van der Waals surface area contributed by atoms with Gasteiger partial charge in [-0.05, 0) is 54.5 Å². The number of aromatic nitrogens is 4. The Morgan fingerprint density at radius 1 is 1.11 bits per heavy atom. The maximum atomic E-state index is 13.8. The van der Waals surface area contributed by atoms with Crippen molar-refractivity contribution in [3.8, 4) is 5.69 Å². The van der Waals surface area contributed by atoms with Crippen LogP contribution >= 0.6 is 11.8 Å². The normalized spacial score (nSPS) is 12.1. The van der Waals surface area contributed by atoms with Gasteiger partial charge >= 0.3 is 0 Å². The van der Waals surface area contributed by atoms with Crippen molar-refractivity contribution in [3.05, 3.63) is 58.9 Å². The van der Waals surface area contributed by atoms with Gasteiger partial charge in [0.05, 0.1) is 16.6 Å². The number of nitrogens with one attached hydrogen (secondary N) is 1. The monoisotopic (exact) mass is 407 g/mol. The van der Waals surface area contributed by atoms with Gasteiger partial charge in [-0.15, -0.1) is 5.10 Å². The van der Waals surface area contributed by atoms with Gasteiger partial charge < -0.3 is 5.32 Å². The average Bonchev–Trinajstić information content (AvgIpc) is 3.09. The Morgan fingerprint density at radius 3 is 2.46 bits per heavy atom. The molecule has 3 aromatic rings. The zero-order chi connectivity index (χ0) is 20.4. The molecule has 0 saturated carbocycles. The number of tetrazole rings is 1. The number of hydrogen-bond acceptors (Lipinski definition) is 5. The molecule has 3 rings (SSSR count). The van der Waals surface area contributed by atoms with Gasteiger partial charge in [-0.25, -0.2) is 13.2 Å². The van der Waals surface area contributed by atoms with E-state index in [0.29, 0.717) is 5.16 Å². The third kappa shape index (κ3) is 3.86. The van der Waals surface area contributed by atoms with E-state index in [1.165, 1.54) is 4.68 Å². The molecular formula is C18H16F3N5OS. The van der Waals surface area contributed by atoms with Crippen LogP contribution in [0.25, 0.3) is 5.69 Å². The number of amides is 1. The first-order valence-electron chi connectivity index (χ1n) is 8.25. The molecule has 1 heterocycles. The van der Waals surface area contributed by atoms with E-state index >= 15 is 0 Å². The first-order valence-corrected chi connectivity index (χ1v) is 9.13. The van der Waals surface area contributed by atoms with Crippen molar-refractivity contribution in [2.75, 3.05) is 5.32 Å². The second-order valence-electron chi connectivity index (χ2n) is 6.09. The fourth-order valence-electron chi connectivity index (χ4n) is 2.60. The van der Waals surface area contributed by atoms with E-state index in [1.807, 2.05) is 32.0 Å². The van der Waals surface area contributed by atoms with E-state index in [9.17, 15) is 18.0 Å². The number of benzene rings is 2. The van der Waals surface area contributed by atoms with Crippen LogP contribution in [0.2, 0.25) is 0 Å².